The normalized spacial score (nSPS) is 14.1. The van der Waals surface area contributed by atoms with Crippen LogP contribution in [0.5, 0.6) is 11.5 Å². The molecule has 168 valence electrons. The van der Waals surface area contributed by atoms with E-state index in [2.05, 4.69) is 15.5 Å². The van der Waals surface area contributed by atoms with Gasteiger partial charge >= 0.3 is 12.2 Å². The predicted molar refractivity (Wildman–Crippen MR) is 108 cm³/mol. The van der Waals surface area contributed by atoms with E-state index in [1.807, 2.05) is 0 Å². The molecule has 4 rings (SSSR count). The first-order valence-corrected chi connectivity index (χ1v) is 9.57. The van der Waals surface area contributed by atoms with Crippen LogP contribution in [-0.4, -0.2) is 48.4 Å². The zero-order chi connectivity index (χ0) is 22.9. The number of urea groups is 1. The second kappa shape index (κ2) is 8.40. The number of methoxy groups -OCH3 is 2. The Bertz CT molecular complexity index is 1130. The fraction of sp³-hybridized carbons (Fsp3) is 0.286. The highest BCUT2D eigenvalue weighted by molar-refractivity contribution is 5.91. The molecular weight excluding hydrogens is 429 g/mol. The minimum absolute atomic E-state index is 0.0666. The summed E-state index contributed by atoms with van der Waals surface area (Å²) in [6, 6.07) is 9.41. The van der Waals surface area contributed by atoms with Gasteiger partial charge in [0.05, 0.1) is 31.4 Å². The van der Waals surface area contributed by atoms with E-state index in [0.29, 0.717) is 30.3 Å². The molecule has 1 aromatic heterocycles. The molecule has 1 aliphatic heterocycles. The van der Waals surface area contributed by atoms with Crippen molar-refractivity contribution in [2.45, 2.75) is 12.1 Å². The first kappa shape index (κ1) is 21.5. The highest BCUT2D eigenvalue weighted by atomic mass is 19.4. The van der Waals surface area contributed by atoms with Gasteiger partial charge in [0.15, 0.2) is 0 Å². The van der Waals surface area contributed by atoms with Crippen molar-refractivity contribution in [2.24, 2.45) is 0 Å². The summed E-state index contributed by atoms with van der Waals surface area (Å²) in [5, 5.41) is 6.56. The molecule has 32 heavy (non-hydrogen) atoms. The van der Waals surface area contributed by atoms with Crippen LogP contribution in [-0.2, 0) is 6.18 Å². The Morgan fingerprint density at radius 3 is 2.62 bits per heavy atom. The summed E-state index contributed by atoms with van der Waals surface area (Å²) in [5.74, 6) is 1.18. The Balaban J connectivity index is 1.38. The molecule has 0 unspecified atom stereocenters. The maximum absolute atomic E-state index is 12.9. The van der Waals surface area contributed by atoms with Gasteiger partial charge in [0.1, 0.15) is 11.5 Å². The topological polar surface area (TPSA) is 89.7 Å². The average molecular weight is 448 g/mol. The third kappa shape index (κ3) is 4.32. The van der Waals surface area contributed by atoms with Crippen molar-refractivity contribution in [3.8, 4) is 22.9 Å². The first-order valence-electron chi connectivity index (χ1n) is 9.57. The first-order chi connectivity index (χ1) is 15.3. The van der Waals surface area contributed by atoms with Crippen LogP contribution in [0.2, 0.25) is 0 Å². The Labute approximate surface area is 180 Å². The lowest BCUT2D eigenvalue weighted by Gasteiger charge is -2.36. The van der Waals surface area contributed by atoms with Gasteiger partial charge in [0, 0.05) is 24.7 Å². The van der Waals surface area contributed by atoms with Crippen LogP contribution in [0.1, 0.15) is 17.4 Å². The number of ether oxygens (including phenoxy) is 2. The molecule has 1 N–H and O–H groups in total. The van der Waals surface area contributed by atoms with Crippen molar-refractivity contribution in [2.75, 3.05) is 32.6 Å². The fourth-order valence-corrected chi connectivity index (χ4v) is 3.25. The minimum atomic E-state index is -4.46. The molecule has 8 nitrogen and oxygen atoms in total. The quantitative estimate of drug-likeness (QED) is 0.622. The molecular formula is C21H19F3N4O4. The number of nitrogens with one attached hydrogen (secondary N) is 1. The van der Waals surface area contributed by atoms with E-state index < -0.39 is 11.7 Å². The van der Waals surface area contributed by atoms with Crippen molar-refractivity contribution < 1.29 is 32.0 Å². The van der Waals surface area contributed by atoms with E-state index in [1.165, 1.54) is 26.4 Å². The lowest BCUT2D eigenvalue weighted by Crippen LogP contribution is -2.50. The number of carbonyl (C=O) groups excluding carboxylic acids is 1. The molecule has 0 aliphatic carbocycles. The van der Waals surface area contributed by atoms with Gasteiger partial charge in [-0.3, -0.25) is 0 Å². The highest BCUT2D eigenvalue weighted by Gasteiger charge is 2.36. The number of amides is 2. The molecule has 0 radical (unpaired) electrons. The van der Waals surface area contributed by atoms with E-state index in [4.69, 9.17) is 14.0 Å². The number of hydrogen-bond donors (Lipinski definition) is 1. The molecule has 0 atom stereocenters. The molecule has 1 fully saturated rings. The number of likely N-dealkylation sites (tertiary alicyclic amines) is 1. The van der Waals surface area contributed by atoms with Crippen LogP contribution >= 0.6 is 0 Å². The molecule has 2 heterocycles. The van der Waals surface area contributed by atoms with Crippen LogP contribution in [0.3, 0.4) is 0 Å². The number of alkyl halides is 3. The highest BCUT2D eigenvalue weighted by Crippen LogP contribution is 2.33. The zero-order valence-corrected chi connectivity index (χ0v) is 17.1. The smallest absolute Gasteiger partial charge is 0.416 e. The number of anilines is 1. The van der Waals surface area contributed by atoms with Gasteiger partial charge in [-0.1, -0.05) is 17.3 Å². The van der Waals surface area contributed by atoms with Gasteiger partial charge in [-0.05, 0) is 24.3 Å². The van der Waals surface area contributed by atoms with Crippen molar-refractivity contribution in [3.05, 3.63) is 53.9 Å². The zero-order valence-electron chi connectivity index (χ0n) is 17.1. The Hall–Kier alpha value is -3.76. The predicted octanol–water partition coefficient (Wildman–Crippen LogP) is 4.40. The van der Waals surface area contributed by atoms with E-state index in [1.54, 1.807) is 23.1 Å². The van der Waals surface area contributed by atoms with Gasteiger partial charge in [0.2, 0.25) is 11.7 Å². The Kier molecular flexibility index (Phi) is 5.64. The van der Waals surface area contributed by atoms with E-state index in [0.717, 1.165) is 12.1 Å². The number of halogens is 3. The standard InChI is InChI=1S/C21H19F3N4O4/c1-30-15-6-7-16(17(9-15)31-2)25-20(29)28-10-13(11-28)19-26-18(27-32-19)12-4-3-5-14(8-12)21(22,23)24/h3-9,13H,10-11H2,1-2H3,(H,25,29). The van der Waals surface area contributed by atoms with Crippen LogP contribution < -0.4 is 14.8 Å². The molecule has 0 bridgehead atoms. The number of aromatic nitrogens is 2. The summed E-state index contributed by atoms with van der Waals surface area (Å²) < 4.78 is 54.4. The van der Waals surface area contributed by atoms with Gasteiger partial charge in [-0.25, -0.2) is 4.79 Å². The van der Waals surface area contributed by atoms with Gasteiger partial charge in [-0.15, -0.1) is 0 Å². The molecule has 0 spiro atoms. The van der Waals surface area contributed by atoms with E-state index in [9.17, 15) is 18.0 Å². The van der Waals surface area contributed by atoms with E-state index in [-0.39, 0.29) is 29.2 Å². The van der Waals surface area contributed by atoms with Crippen molar-refractivity contribution in [1.29, 1.82) is 0 Å². The summed E-state index contributed by atoms with van der Waals surface area (Å²) in [4.78, 5) is 18.3. The van der Waals surface area contributed by atoms with E-state index >= 15 is 0 Å². The summed E-state index contributed by atoms with van der Waals surface area (Å²) in [6.07, 6.45) is -4.46. The third-order valence-corrected chi connectivity index (χ3v) is 5.06. The second-order valence-corrected chi connectivity index (χ2v) is 7.13. The molecule has 2 aromatic carbocycles. The van der Waals surface area contributed by atoms with Gasteiger partial charge in [0.25, 0.3) is 0 Å². The molecule has 1 aliphatic rings. The number of hydrogen-bond acceptors (Lipinski definition) is 6. The monoisotopic (exact) mass is 448 g/mol. The molecule has 2 amide bonds. The van der Waals surface area contributed by atoms with Crippen molar-refractivity contribution in [3.63, 3.8) is 0 Å². The summed E-state index contributed by atoms with van der Waals surface area (Å²) in [6.45, 7) is 0.656. The molecule has 0 saturated carbocycles. The van der Waals surface area contributed by atoms with Gasteiger partial charge < -0.3 is 24.2 Å². The lowest BCUT2D eigenvalue weighted by molar-refractivity contribution is -0.137. The molecule has 1 saturated heterocycles. The SMILES string of the molecule is COc1ccc(NC(=O)N2CC(c3nc(-c4cccc(C(F)(F)F)c4)no3)C2)c(OC)c1. The van der Waals surface area contributed by atoms with Crippen LogP contribution in [0, 0.1) is 0 Å². The van der Waals surface area contributed by atoms with Crippen molar-refractivity contribution >= 4 is 11.7 Å². The fourth-order valence-electron chi connectivity index (χ4n) is 3.25. The summed E-state index contributed by atoms with van der Waals surface area (Å²) in [7, 11) is 3.02. The Morgan fingerprint density at radius 2 is 1.94 bits per heavy atom. The van der Waals surface area contributed by atoms with Crippen LogP contribution in [0.15, 0.2) is 47.0 Å². The largest absolute Gasteiger partial charge is 0.497 e. The lowest BCUT2D eigenvalue weighted by atomic mass is 10.0. The summed E-state index contributed by atoms with van der Waals surface area (Å²) in [5.41, 5.74) is -0.0940. The number of nitrogens with zero attached hydrogens (tertiary/aromatic N) is 3. The summed E-state index contributed by atoms with van der Waals surface area (Å²) >= 11 is 0. The van der Waals surface area contributed by atoms with Gasteiger partial charge in [-0.2, -0.15) is 18.2 Å². The molecule has 3 aromatic rings. The third-order valence-electron chi connectivity index (χ3n) is 5.06. The number of rotatable bonds is 5. The molecule has 11 heteroatoms. The average Bonchev–Trinajstić information content (AvgIpc) is 3.22. The number of benzene rings is 2. The number of carbonyl (C=O) groups is 1. The van der Waals surface area contributed by atoms with Crippen molar-refractivity contribution in [1.82, 2.24) is 15.0 Å². The second-order valence-electron chi connectivity index (χ2n) is 7.13. The van der Waals surface area contributed by atoms with Crippen LogP contribution in [0.4, 0.5) is 23.7 Å². The minimum Gasteiger partial charge on any atom is -0.497 e. The maximum Gasteiger partial charge on any atom is 0.416 e. The maximum atomic E-state index is 12.9. The Morgan fingerprint density at radius 1 is 1.16 bits per heavy atom. The van der Waals surface area contributed by atoms with Crippen LogP contribution in [0.25, 0.3) is 11.4 Å².